The van der Waals surface area contributed by atoms with Gasteiger partial charge in [0.05, 0.1) is 5.92 Å². The second kappa shape index (κ2) is 8.00. The largest absolute Gasteiger partial charge is 0.300 e. The molecule has 20 heavy (non-hydrogen) atoms. The highest BCUT2D eigenvalue weighted by molar-refractivity contribution is 7.98. The summed E-state index contributed by atoms with van der Waals surface area (Å²) in [6, 6.07) is 9.92. The Morgan fingerprint density at radius 2 is 1.50 bits per heavy atom. The number of ketones is 3. The predicted molar refractivity (Wildman–Crippen MR) is 81.6 cm³/mol. The molecule has 1 aromatic carbocycles. The van der Waals surface area contributed by atoms with Crippen LogP contribution in [0.15, 0.2) is 30.3 Å². The summed E-state index contributed by atoms with van der Waals surface area (Å²) < 4.78 is 0. The molecule has 0 fully saturated rings. The average Bonchev–Trinajstić information content (AvgIpc) is 2.37. The molecule has 0 aliphatic rings. The molecule has 0 saturated carbocycles. The third-order valence-electron chi connectivity index (χ3n) is 3.21. The van der Waals surface area contributed by atoms with E-state index < -0.39 is 11.8 Å². The molecular formula is C16H20O3S. The predicted octanol–water partition coefficient (Wildman–Crippen LogP) is 2.92. The molecule has 0 bridgehead atoms. The summed E-state index contributed by atoms with van der Waals surface area (Å²) >= 11 is 1.58. The second-order valence-electron chi connectivity index (χ2n) is 4.92. The van der Waals surface area contributed by atoms with E-state index in [0.717, 1.165) is 5.75 Å². The van der Waals surface area contributed by atoms with Crippen LogP contribution >= 0.6 is 11.8 Å². The van der Waals surface area contributed by atoms with Crippen LogP contribution in [-0.4, -0.2) is 23.1 Å². The molecule has 0 spiro atoms. The van der Waals surface area contributed by atoms with Crippen molar-refractivity contribution in [3.63, 3.8) is 0 Å². The first-order chi connectivity index (χ1) is 9.43. The molecule has 1 unspecified atom stereocenters. The third kappa shape index (κ3) is 4.93. The van der Waals surface area contributed by atoms with Crippen LogP contribution in [0.2, 0.25) is 0 Å². The standard InChI is InChI=1S/C16H20O3S/c1-11(17)15(16(12(2)18)13(3)19)10-20-9-14-7-5-4-6-8-14/h4-8,15-16H,9-10H2,1-3H3. The first-order valence-corrected chi connectivity index (χ1v) is 7.72. The van der Waals surface area contributed by atoms with E-state index in [2.05, 4.69) is 0 Å². The number of hydrogen-bond acceptors (Lipinski definition) is 4. The van der Waals surface area contributed by atoms with Crippen molar-refractivity contribution in [1.29, 1.82) is 0 Å². The number of hydrogen-bond donors (Lipinski definition) is 0. The highest BCUT2D eigenvalue weighted by Gasteiger charge is 2.32. The summed E-state index contributed by atoms with van der Waals surface area (Å²) in [7, 11) is 0. The molecule has 0 aliphatic heterocycles. The summed E-state index contributed by atoms with van der Waals surface area (Å²) in [5.74, 6) is -0.590. The number of rotatable bonds is 8. The van der Waals surface area contributed by atoms with Gasteiger partial charge in [-0.15, -0.1) is 0 Å². The van der Waals surface area contributed by atoms with Crippen LogP contribution in [0.25, 0.3) is 0 Å². The lowest BCUT2D eigenvalue weighted by molar-refractivity contribution is -0.137. The monoisotopic (exact) mass is 292 g/mol. The van der Waals surface area contributed by atoms with Crippen molar-refractivity contribution in [3.8, 4) is 0 Å². The van der Waals surface area contributed by atoms with Crippen LogP contribution in [0, 0.1) is 11.8 Å². The van der Waals surface area contributed by atoms with E-state index in [9.17, 15) is 14.4 Å². The maximum atomic E-state index is 11.7. The Morgan fingerprint density at radius 1 is 0.950 bits per heavy atom. The van der Waals surface area contributed by atoms with Gasteiger partial charge in [0.2, 0.25) is 0 Å². The van der Waals surface area contributed by atoms with E-state index in [1.54, 1.807) is 11.8 Å². The Balaban J connectivity index is 2.66. The van der Waals surface area contributed by atoms with Crippen molar-refractivity contribution >= 4 is 29.1 Å². The van der Waals surface area contributed by atoms with E-state index in [1.165, 1.54) is 26.3 Å². The van der Waals surface area contributed by atoms with E-state index in [0.29, 0.717) is 5.75 Å². The number of carbonyl (C=O) groups is 3. The molecular weight excluding hydrogens is 272 g/mol. The SMILES string of the molecule is CC(=O)C(CSCc1ccccc1)C(C(C)=O)C(C)=O. The van der Waals surface area contributed by atoms with Crippen molar-refractivity contribution in [2.45, 2.75) is 26.5 Å². The zero-order valence-electron chi connectivity index (χ0n) is 12.1. The van der Waals surface area contributed by atoms with Gasteiger partial charge < -0.3 is 0 Å². The van der Waals surface area contributed by atoms with E-state index in [4.69, 9.17) is 0 Å². The van der Waals surface area contributed by atoms with Gasteiger partial charge in [-0.1, -0.05) is 30.3 Å². The van der Waals surface area contributed by atoms with Gasteiger partial charge in [0.1, 0.15) is 17.3 Å². The van der Waals surface area contributed by atoms with Gasteiger partial charge in [-0.2, -0.15) is 11.8 Å². The van der Waals surface area contributed by atoms with Gasteiger partial charge in [0.15, 0.2) is 0 Å². The van der Waals surface area contributed by atoms with Crippen LogP contribution in [0.5, 0.6) is 0 Å². The minimum absolute atomic E-state index is 0.0963. The van der Waals surface area contributed by atoms with E-state index in [-0.39, 0.29) is 17.3 Å². The fourth-order valence-corrected chi connectivity index (χ4v) is 3.41. The molecule has 0 aliphatic carbocycles. The summed E-state index contributed by atoms with van der Waals surface area (Å²) in [4.78, 5) is 34.9. The number of Topliss-reactive ketones (excluding diaryl/α,β-unsaturated/α-hetero) is 3. The van der Waals surface area contributed by atoms with Crippen molar-refractivity contribution in [2.24, 2.45) is 11.8 Å². The molecule has 1 atom stereocenters. The molecule has 1 aromatic rings. The van der Waals surface area contributed by atoms with Gasteiger partial charge >= 0.3 is 0 Å². The molecule has 0 aromatic heterocycles. The Hall–Kier alpha value is -1.42. The Labute approximate surface area is 124 Å². The minimum Gasteiger partial charge on any atom is -0.300 e. The lowest BCUT2D eigenvalue weighted by Gasteiger charge is -2.20. The van der Waals surface area contributed by atoms with Crippen molar-refractivity contribution in [1.82, 2.24) is 0 Å². The van der Waals surface area contributed by atoms with E-state index in [1.807, 2.05) is 30.3 Å². The van der Waals surface area contributed by atoms with Gasteiger partial charge in [0.25, 0.3) is 0 Å². The molecule has 108 valence electrons. The third-order valence-corrected chi connectivity index (χ3v) is 4.34. The Bertz CT molecular complexity index is 468. The first kappa shape index (κ1) is 16.6. The summed E-state index contributed by atoms with van der Waals surface area (Å²) in [5, 5.41) is 0. The zero-order valence-corrected chi connectivity index (χ0v) is 12.9. The van der Waals surface area contributed by atoms with Crippen LogP contribution in [0.1, 0.15) is 26.3 Å². The summed E-state index contributed by atoms with van der Waals surface area (Å²) in [5.41, 5.74) is 1.17. The van der Waals surface area contributed by atoms with Crippen LogP contribution in [0.4, 0.5) is 0 Å². The normalized spacial score (nSPS) is 12.2. The topological polar surface area (TPSA) is 51.2 Å². The molecule has 3 nitrogen and oxygen atoms in total. The number of carbonyl (C=O) groups excluding carboxylic acids is 3. The van der Waals surface area contributed by atoms with Crippen LogP contribution < -0.4 is 0 Å². The molecule has 1 rings (SSSR count). The molecule has 0 N–H and O–H groups in total. The van der Waals surface area contributed by atoms with Gasteiger partial charge in [-0.25, -0.2) is 0 Å². The maximum Gasteiger partial charge on any atom is 0.141 e. The second-order valence-corrected chi connectivity index (χ2v) is 5.95. The average molecular weight is 292 g/mol. The van der Waals surface area contributed by atoms with E-state index >= 15 is 0 Å². The number of benzene rings is 1. The van der Waals surface area contributed by atoms with Crippen LogP contribution in [0.3, 0.4) is 0 Å². The van der Waals surface area contributed by atoms with Gasteiger partial charge in [-0.3, -0.25) is 14.4 Å². The van der Waals surface area contributed by atoms with Gasteiger partial charge in [-0.05, 0) is 26.3 Å². The lowest BCUT2D eigenvalue weighted by atomic mass is 9.85. The molecule has 0 amide bonds. The van der Waals surface area contributed by atoms with Crippen molar-refractivity contribution < 1.29 is 14.4 Å². The Kier molecular flexibility index (Phi) is 6.65. The maximum absolute atomic E-state index is 11.7. The molecule has 0 heterocycles. The highest BCUT2D eigenvalue weighted by Crippen LogP contribution is 2.23. The first-order valence-electron chi connectivity index (χ1n) is 6.56. The molecule has 4 heteroatoms. The summed E-state index contributed by atoms with van der Waals surface area (Å²) in [6.45, 7) is 4.21. The zero-order chi connectivity index (χ0) is 15.1. The van der Waals surface area contributed by atoms with Gasteiger partial charge in [0, 0.05) is 17.4 Å². The Morgan fingerprint density at radius 3 is 1.95 bits per heavy atom. The number of thioether (sulfide) groups is 1. The lowest BCUT2D eigenvalue weighted by Crippen LogP contribution is -2.34. The quantitative estimate of drug-likeness (QED) is 0.691. The fraction of sp³-hybridized carbons (Fsp3) is 0.438. The van der Waals surface area contributed by atoms with Crippen molar-refractivity contribution in [2.75, 3.05) is 5.75 Å². The van der Waals surface area contributed by atoms with Crippen molar-refractivity contribution in [3.05, 3.63) is 35.9 Å². The smallest absolute Gasteiger partial charge is 0.141 e. The highest BCUT2D eigenvalue weighted by atomic mass is 32.2. The fourth-order valence-electron chi connectivity index (χ4n) is 2.18. The summed E-state index contributed by atoms with van der Waals surface area (Å²) in [6.07, 6.45) is 0. The molecule has 0 radical (unpaired) electrons. The molecule has 0 saturated heterocycles. The minimum atomic E-state index is -0.796. The van der Waals surface area contributed by atoms with Crippen LogP contribution in [-0.2, 0) is 20.1 Å².